The van der Waals surface area contributed by atoms with Gasteiger partial charge >= 0.3 is 5.97 Å². The van der Waals surface area contributed by atoms with Crippen LogP contribution >= 0.6 is 0 Å². The van der Waals surface area contributed by atoms with E-state index in [1.165, 1.54) is 5.56 Å². The molecule has 5 nitrogen and oxygen atoms in total. The Bertz CT molecular complexity index is 1480. The van der Waals surface area contributed by atoms with Crippen LogP contribution in [-0.4, -0.2) is 26.1 Å². The number of carbonyl (C=O) groups excluding carboxylic acids is 1. The molecule has 4 aromatic rings. The Morgan fingerprint density at radius 3 is 2.24 bits per heavy atom. The zero-order valence-electron chi connectivity index (χ0n) is 21.4. The van der Waals surface area contributed by atoms with E-state index < -0.39 is 5.60 Å². The van der Waals surface area contributed by atoms with Gasteiger partial charge in [0.05, 0.1) is 5.56 Å². The number of hydrogen-bond acceptors (Lipinski definition) is 5. The lowest BCUT2D eigenvalue weighted by molar-refractivity contribution is 0.0224. The second kappa shape index (κ2) is 9.00. The molecule has 0 saturated heterocycles. The van der Waals surface area contributed by atoms with Crippen molar-refractivity contribution in [1.82, 2.24) is 0 Å². The summed E-state index contributed by atoms with van der Waals surface area (Å²) in [5, 5.41) is 0. The highest BCUT2D eigenvalue weighted by Gasteiger charge is 2.53. The number of carbonyl (C=O) groups is 1. The summed E-state index contributed by atoms with van der Waals surface area (Å²) < 4.78 is 12.9. The van der Waals surface area contributed by atoms with Crippen LogP contribution in [-0.2, 0) is 16.9 Å². The highest BCUT2D eigenvalue weighted by atomic mass is 16.6. The number of rotatable bonds is 6. The number of hydrogen-bond donors (Lipinski definition) is 0. The second-order valence-corrected chi connectivity index (χ2v) is 9.59. The topological polar surface area (TPSA) is 42.0 Å². The van der Waals surface area contributed by atoms with Crippen LogP contribution in [0.15, 0.2) is 91.0 Å². The summed E-state index contributed by atoms with van der Waals surface area (Å²) in [6, 6.07) is 30.5. The predicted molar refractivity (Wildman–Crippen MR) is 147 cm³/mol. The zero-order valence-corrected chi connectivity index (χ0v) is 21.4. The third-order valence-corrected chi connectivity index (χ3v) is 7.51. The Hall–Kier alpha value is -4.25. The molecule has 2 aliphatic heterocycles. The Balaban J connectivity index is 1.52. The summed E-state index contributed by atoms with van der Waals surface area (Å²) in [4.78, 5) is 17.7. The summed E-state index contributed by atoms with van der Waals surface area (Å²) in [6.07, 6.45) is 0. The van der Waals surface area contributed by atoms with Gasteiger partial charge in [0.25, 0.3) is 0 Å². The lowest BCUT2D eigenvalue weighted by Crippen LogP contribution is -2.33. The first kappa shape index (κ1) is 23.2. The Kier molecular flexibility index (Phi) is 5.64. The van der Waals surface area contributed by atoms with E-state index in [1.807, 2.05) is 36.4 Å². The Morgan fingerprint density at radius 2 is 1.46 bits per heavy atom. The SMILES string of the molecule is CCN(CC)c1ccc2c(c1)Oc1ccc(N(C)Cc3ccccc3)cc1C21OC(=O)c2ccccc21. The fourth-order valence-corrected chi connectivity index (χ4v) is 5.62. The zero-order chi connectivity index (χ0) is 25.6. The molecule has 2 aliphatic rings. The molecule has 1 atom stereocenters. The van der Waals surface area contributed by atoms with Crippen LogP contribution < -0.4 is 14.5 Å². The van der Waals surface area contributed by atoms with Gasteiger partial charge in [-0.2, -0.15) is 0 Å². The maximum atomic E-state index is 13.2. The van der Waals surface area contributed by atoms with Crippen LogP contribution in [0, 0.1) is 0 Å². The van der Waals surface area contributed by atoms with Gasteiger partial charge in [-0.3, -0.25) is 0 Å². The molecule has 2 heterocycles. The minimum Gasteiger partial charge on any atom is -0.456 e. The van der Waals surface area contributed by atoms with Crippen LogP contribution in [0.2, 0.25) is 0 Å². The monoisotopic (exact) mass is 490 g/mol. The highest BCUT2D eigenvalue weighted by molar-refractivity contribution is 5.97. The normalized spacial score (nSPS) is 16.9. The van der Waals surface area contributed by atoms with E-state index in [0.29, 0.717) is 17.1 Å². The molecular formula is C32H30N2O3. The van der Waals surface area contributed by atoms with Crippen molar-refractivity contribution in [3.05, 3.63) is 119 Å². The molecule has 0 saturated carbocycles. The third-order valence-electron chi connectivity index (χ3n) is 7.51. The first-order chi connectivity index (χ1) is 18.0. The van der Waals surface area contributed by atoms with Crippen LogP contribution in [0.4, 0.5) is 11.4 Å². The molecule has 0 bridgehead atoms. The molecule has 0 amide bonds. The molecular weight excluding hydrogens is 460 g/mol. The van der Waals surface area contributed by atoms with Gasteiger partial charge in [-0.1, -0.05) is 48.5 Å². The molecule has 1 unspecified atom stereocenters. The molecule has 5 heteroatoms. The molecule has 0 fully saturated rings. The van der Waals surface area contributed by atoms with Crippen molar-refractivity contribution >= 4 is 17.3 Å². The van der Waals surface area contributed by atoms with Gasteiger partial charge in [-0.25, -0.2) is 4.79 Å². The number of anilines is 2. The molecule has 0 N–H and O–H groups in total. The van der Waals surface area contributed by atoms with Crippen molar-refractivity contribution in [3.63, 3.8) is 0 Å². The number of benzene rings is 4. The fourth-order valence-electron chi connectivity index (χ4n) is 5.62. The quantitative estimate of drug-likeness (QED) is 0.280. The average Bonchev–Trinajstić information content (AvgIpc) is 3.22. The summed E-state index contributed by atoms with van der Waals surface area (Å²) in [5.74, 6) is 1.10. The van der Waals surface area contributed by atoms with Gasteiger partial charge < -0.3 is 19.3 Å². The van der Waals surface area contributed by atoms with E-state index in [-0.39, 0.29) is 5.97 Å². The second-order valence-electron chi connectivity index (χ2n) is 9.59. The van der Waals surface area contributed by atoms with E-state index in [4.69, 9.17) is 9.47 Å². The number of ether oxygens (including phenoxy) is 2. The van der Waals surface area contributed by atoms with Crippen LogP contribution in [0.1, 0.15) is 46.5 Å². The highest BCUT2D eigenvalue weighted by Crippen LogP contribution is 2.57. The largest absolute Gasteiger partial charge is 0.456 e. The van der Waals surface area contributed by atoms with Gasteiger partial charge in [-0.05, 0) is 55.8 Å². The predicted octanol–water partition coefficient (Wildman–Crippen LogP) is 6.74. The van der Waals surface area contributed by atoms with Gasteiger partial charge in [0.2, 0.25) is 0 Å². The van der Waals surface area contributed by atoms with E-state index in [1.54, 1.807) is 0 Å². The van der Waals surface area contributed by atoms with Crippen molar-refractivity contribution in [2.24, 2.45) is 0 Å². The van der Waals surface area contributed by atoms with Gasteiger partial charge in [0.15, 0.2) is 5.60 Å². The minimum absolute atomic E-state index is 0.315. The molecule has 0 radical (unpaired) electrons. The number of nitrogens with zero attached hydrogens (tertiary/aromatic N) is 2. The lowest BCUT2D eigenvalue weighted by atomic mass is 9.77. The standard InChI is InChI=1S/C32H30N2O3/c1-4-34(5-2)24-15-17-27-30(20-24)36-29-18-16-23(33(3)21-22-11-7-6-8-12-22)19-28(29)32(27)26-14-10-9-13-25(26)31(35)37-32/h6-20H,4-5,21H2,1-3H3. The Labute approximate surface area is 217 Å². The Morgan fingerprint density at radius 1 is 0.730 bits per heavy atom. The summed E-state index contributed by atoms with van der Waals surface area (Å²) in [6.45, 7) is 6.83. The van der Waals surface area contributed by atoms with Crippen molar-refractivity contribution in [3.8, 4) is 11.5 Å². The number of fused-ring (bicyclic) bond motifs is 6. The van der Waals surface area contributed by atoms with E-state index >= 15 is 0 Å². The van der Waals surface area contributed by atoms with Gasteiger partial charge in [-0.15, -0.1) is 0 Å². The van der Waals surface area contributed by atoms with Crippen molar-refractivity contribution < 1.29 is 14.3 Å². The molecule has 37 heavy (non-hydrogen) atoms. The van der Waals surface area contributed by atoms with Crippen LogP contribution in [0.3, 0.4) is 0 Å². The molecule has 0 aromatic heterocycles. The molecule has 0 aliphatic carbocycles. The van der Waals surface area contributed by atoms with Gasteiger partial charge in [0.1, 0.15) is 11.5 Å². The van der Waals surface area contributed by atoms with E-state index in [9.17, 15) is 4.79 Å². The molecule has 1 spiro atoms. The molecule has 6 rings (SSSR count). The average molecular weight is 491 g/mol. The summed E-state index contributed by atoms with van der Waals surface area (Å²) in [5.41, 5.74) is 5.39. The lowest BCUT2D eigenvalue weighted by Gasteiger charge is -2.38. The van der Waals surface area contributed by atoms with Crippen molar-refractivity contribution in [1.29, 1.82) is 0 Å². The van der Waals surface area contributed by atoms with Gasteiger partial charge in [0, 0.05) is 60.8 Å². The van der Waals surface area contributed by atoms with Crippen LogP contribution in [0.25, 0.3) is 0 Å². The fraction of sp³-hybridized carbons (Fsp3) is 0.219. The van der Waals surface area contributed by atoms with E-state index in [2.05, 4.69) is 85.3 Å². The third kappa shape index (κ3) is 3.65. The molecule has 4 aromatic carbocycles. The maximum absolute atomic E-state index is 13.2. The number of esters is 1. The first-order valence-corrected chi connectivity index (χ1v) is 12.8. The smallest absolute Gasteiger partial charge is 0.340 e. The van der Waals surface area contributed by atoms with Crippen LogP contribution in [0.5, 0.6) is 11.5 Å². The summed E-state index contributed by atoms with van der Waals surface area (Å²) >= 11 is 0. The summed E-state index contributed by atoms with van der Waals surface area (Å²) in [7, 11) is 2.07. The minimum atomic E-state index is -1.07. The maximum Gasteiger partial charge on any atom is 0.340 e. The van der Waals surface area contributed by atoms with E-state index in [0.717, 1.165) is 47.7 Å². The van der Waals surface area contributed by atoms with Crippen molar-refractivity contribution in [2.45, 2.75) is 26.0 Å². The first-order valence-electron chi connectivity index (χ1n) is 12.8. The van der Waals surface area contributed by atoms with Crippen molar-refractivity contribution in [2.75, 3.05) is 29.9 Å². The molecule has 186 valence electrons.